The molecule has 2 aromatic carbocycles. The third kappa shape index (κ3) is 3.99. The molecule has 1 aliphatic heterocycles. The lowest BCUT2D eigenvalue weighted by atomic mass is 9.97. The SMILES string of the molecule is COc1ccc([C@@H]2[C@@H](Br)CCCN2S(=O)(=O)c2ccc([N+](=O)[O-])cc2)cc1. The molecular weight excluding hydrogens is 436 g/mol. The Bertz CT molecular complexity index is 916. The van der Waals surface area contributed by atoms with Crippen LogP contribution in [0.4, 0.5) is 5.69 Å². The number of rotatable bonds is 5. The minimum Gasteiger partial charge on any atom is -0.497 e. The summed E-state index contributed by atoms with van der Waals surface area (Å²) in [5.74, 6) is 0.699. The molecule has 0 aromatic heterocycles. The highest BCUT2D eigenvalue weighted by Crippen LogP contribution is 2.39. The summed E-state index contributed by atoms with van der Waals surface area (Å²) < 4.78 is 33.1. The standard InChI is InChI=1S/C18H19BrN2O5S/c1-26-15-8-4-13(5-9-15)18-17(19)3-2-12-20(18)27(24,25)16-10-6-14(7-11-16)21(22)23/h4-11,17-18H,2-3,12H2,1H3/t17-,18+/m0/s1. The Morgan fingerprint density at radius 2 is 1.78 bits per heavy atom. The summed E-state index contributed by atoms with van der Waals surface area (Å²) in [7, 11) is -2.22. The van der Waals surface area contributed by atoms with Crippen LogP contribution in [0.5, 0.6) is 5.75 Å². The summed E-state index contributed by atoms with van der Waals surface area (Å²) in [6.45, 7) is 0.387. The molecule has 0 unspecified atom stereocenters. The number of hydrogen-bond donors (Lipinski definition) is 0. The second kappa shape index (κ2) is 7.95. The average molecular weight is 455 g/mol. The molecule has 2 aromatic rings. The zero-order valence-electron chi connectivity index (χ0n) is 14.6. The maximum absolute atomic E-state index is 13.2. The van der Waals surface area contributed by atoms with Gasteiger partial charge >= 0.3 is 0 Å². The van der Waals surface area contributed by atoms with Gasteiger partial charge in [-0.3, -0.25) is 10.1 Å². The molecule has 0 amide bonds. The van der Waals surface area contributed by atoms with Crippen molar-refractivity contribution in [1.29, 1.82) is 0 Å². The number of sulfonamides is 1. The summed E-state index contributed by atoms with van der Waals surface area (Å²) in [6.07, 6.45) is 1.58. The van der Waals surface area contributed by atoms with Gasteiger partial charge in [0.15, 0.2) is 0 Å². The Balaban J connectivity index is 1.98. The van der Waals surface area contributed by atoms with Crippen LogP contribution in [0.2, 0.25) is 0 Å². The van der Waals surface area contributed by atoms with Gasteiger partial charge in [0, 0.05) is 23.5 Å². The summed E-state index contributed by atoms with van der Waals surface area (Å²) >= 11 is 3.64. The first-order valence-corrected chi connectivity index (χ1v) is 10.7. The van der Waals surface area contributed by atoms with E-state index < -0.39 is 14.9 Å². The maximum atomic E-state index is 13.2. The van der Waals surface area contributed by atoms with Crippen molar-refractivity contribution in [2.45, 2.75) is 28.6 Å². The summed E-state index contributed by atoms with van der Waals surface area (Å²) in [6, 6.07) is 12.0. The van der Waals surface area contributed by atoms with E-state index in [1.807, 2.05) is 12.1 Å². The van der Waals surface area contributed by atoms with E-state index in [1.165, 1.54) is 28.6 Å². The molecule has 1 fully saturated rings. The van der Waals surface area contributed by atoms with E-state index in [0.717, 1.165) is 18.4 Å². The molecule has 0 saturated carbocycles. The molecule has 0 bridgehead atoms. The lowest BCUT2D eigenvalue weighted by molar-refractivity contribution is -0.384. The van der Waals surface area contributed by atoms with Gasteiger partial charge in [-0.05, 0) is 42.7 Å². The van der Waals surface area contributed by atoms with Gasteiger partial charge in [0.1, 0.15) is 5.75 Å². The van der Waals surface area contributed by atoms with Gasteiger partial charge in [-0.1, -0.05) is 28.1 Å². The fraction of sp³-hybridized carbons (Fsp3) is 0.333. The predicted octanol–water partition coefficient (Wildman–Crippen LogP) is 3.89. The highest BCUT2D eigenvalue weighted by Gasteiger charge is 2.39. The number of non-ortho nitro benzene ring substituents is 1. The molecule has 3 rings (SSSR count). The van der Waals surface area contributed by atoms with E-state index in [1.54, 1.807) is 19.2 Å². The fourth-order valence-electron chi connectivity index (χ4n) is 3.24. The largest absolute Gasteiger partial charge is 0.497 e. The number of ether oxygens (including phenoxy) is 1. The maximum Gasteiger partial charge on any atom is 0.269 e. The molecule has 9 heteroatoms. The monoisotopic (exact) mass is 454 g/mol. The van der Waals surface area contributed by atoms with Gasteiger partial charge in [-0.25, -0.2) is 8.42 Å². The van der Waals surface area contributed by atoms with Gasteiger partial charge in [-0.2, -0.15) is 4.31 Å². The van der Waals surface area contributed by atoms with Crippen LogP contribution < -0.4 is 4.74 Å². The average Bonchev–Trinajstić information content (AvgIpc) is 2.68. The van der Waals surface area contributed by atoms with Crippen LogP contribution >= 0.6 is 15.9 Å². The Kier molecular flexibility index (Phi) is 5.83. The van der Waals surface area contributed by atoms with E-state index in [-0.39, 0.29) is 21.5 Å². The normalized spacial score (nSPS) is 21.0. The van der Waals surface area contributed by atoms with Crippen molar-refractivity contribution in [2.75, 3.05) is 13.7 Å². The van der Waals surface area contributed by atoms with Crippen molar-refractivity contribution >= 4 is 31.6 Å². The van der Waals surface area contributed by atoms with Gasteiger partial charge in [0.05, 0.1) is 23.0 Å². The first-order valence-electron chi connectivity index (χ1n) is 8.39. The van der Waals surface area contributed by atoms with Gasteiger partial charge in [0.2, 0.25) is 10.0 Å². The number of hydrogen-bond acceptors (Lipinski definition) is 5. The third-order valence-corrected chi connectivity index (χ3v) is 7.48. The molecule has 27 heavy (non-hydrogen) atoms. The fourth-order valence-corrected chi connectivity index (χ4v) is 6.00. The van der Waals surface area contributed by atoms with Crippen molar-refractivity contribution in [1.82, 2.24) is 4.31 Å². The van der Waals surface area contributed by atoms with E-state index in [9.17, 15) is 18.5 Å². The Labute approximate surface area is 166 Å². The second-order valence-electron chi connectivity index (χ2n) is 6.24. The Morgan fingerprint density at radius 1 is 1.15 bits per heavy atom. The Morgan fingerprint density at radius 3 is 2.33 bits per heavy atom. The number of nitro benzene ring substituents is 1. The molecule has 7 nitrogen and oxygen atoms in total. The summed E-state index contributed by atoms with van der Waals surface area (Å²) in [4.78, 5) is 10.3. The molecule has 1 aliphatic rings. The molecule has 0 spiro atoms. The zero-order valence-corrected chi connectivity index (χ0v) is 17.0. The van der Waals surface area contributed by atoms with Crippen LogP contribution in [-0.4, -0.2) is 36.1 Å². The van der Waals surface area contributed by atoms with Crippen molar-refractivity contribution in [2.24, 2.45) is 0 Å². The molecule has 144 valence electrons. The molecule has 0 N–H and O–H groups in total. The third-order valence-electron chi connectivity index (χ3n) is 4.62. The van der Waals surface area contributed by atoms with Gasteiger partial charge in [-0.15, -0.1) is 0 Å². The van der Waals surface area contributed by atoms with E-state index in [0.29, 0.717) is 12.3 Å². The number of alkyl halides is 1. The molecule has 1 heterocycles. The van der Waals surface area contributed by atoms with Crippen molar-refractivity contribution in [3.05, 3.63) is 64.2 Å². The lowest BCUT2D eigenvalue weighted by Crippen LogP contribution is -2.43. The molecule has 0 aliphatic carbocycles. The van der Waals surface area contributed by atoms with Crippen LogP contribution in [0, 0.1) is 10.1 Å². The molecule has 0 radical (unpaired) electrons. The summed E-state index contributed by atoms with van der Waals surface area (Å²) in [5.41, 5.74) is 0.723. The smallest absolute Gasteiger partial charge is 0.269 e. The number of nitrogens with zero attached hydrogens (tertiary/aromatic N) is 2. The van der Waals surface area contributed by atoms with Gasteiger partial charge < -0.3 is 4.74 Å². The zero-order chi connectivity index (χ0) is 19.6. The predicted molar refractivity (Wildman–Crippen MR) is 105 cm³/mol. The van der Waals surface area contributed by atoms with Crippen LogP contribution in [0.25, 0.3) is 0 Å². The van der Waals surface area contributed by atoms with Crippen LogP contribution in [0.3, 0.4) is 0 Å². The molecular formula is C18H19BrN2O5S. The summed E-state index contributed by atoms with van der Waals surface area (Å²) in [5, 5.41) is 10.8. The number of benzene rings is 2. The number of halogens is 1. The second-order valence-corrected chi connectivity index (χ2v) is 9.31. The van der Waals surface area contributed by atoms with E-state index in [2.05, 4.69) is 15.9 Å². The van der Waals surface area contributed by atoms with E-state index in [4.69, 9.17) is 4.74 Å². The minimum absolute atomic E-state index is 0.0348. The van der Waals surface area contributed by atoms with E-state index >= 15 is 0 Å². The van der Waals surface area contributed by atoms with Crippen molar-refractivity contribution < 1.29 is 18.1 Å². The molecule has 2 atom stereocenters. The number of methoxy groups -OCH3 is 1. The first-order chi connectivity index (χ1) is 12.8. The highest BCUT2D eigenvalue weighted by molar-refractivity contribution is 9.09. The molecule has 1 saturated heterocycles. The highest BCUT2D eigenvalue weighted by atomic mass is 79.9. The van der Waals surface area contributed by atoms with Crippen LogP contribution in [0.15, 0.2) is 53.4 Å². The van der Waals surface area contributed by atoms with Crippen molar-refractivity contribution in [3.8, 4) is 5.75 Å². The van der Waals surface area contributed by atoms with Crippen LogP contribution in [-0.2, 0) is 10.0 Å². The minimum atomic E-state index is -3.80. The van der Waals surface area contributed by atoms with Crippen LogP contribution in [0.1, 0.15) is 24.4 Å². The topological polar surface area (TPSA) is 89.8 Å². The van der Waals surface area contributed by atoms with Gasteiger partial charge in [0.25, 0.3) is 5.69 Å². The quantitative estimate of drug-likeness (QED) is 0.388. The first kappa shape index (κ1) is 19.8. The number of piperidine rings is 1. The Hall–Kier alpha value is -1.97. The van der Waals surface area contributed by atoms with Crippen molar-refractivity contribution in [3.63, 3.8) is 0 Å². The lowest BCUT2D eigenvalue weighted by Gasteiger charge is -2.38. The number of nitro groups is 1.